The number of nitrogens with zero attached hydrogens (tertiary/aromatic N) is 4. The third-order valence-corrected chi connectivity index (χ3v) is 4.02. The lowest BCUT2D eigenvalue weighted by Crippen LogP contribution is -2.17. The summed E-state index contributed by atoms with van der Waals surface area (Å²) < 4.78 is 2.06. The van der Waals surface area contributed by atoms with Crippen molar-refractivity contribution >= 4 is 28.8 Å². The molecule has 1 N–H and O–H groups in total. The van der Waals surface area contributed by atoms with Crippen molar-refractivity contribution in [2.75, 3.05) is 0 Å². The van der Waals surface area contributed by atoms with Crippen molar-refractivity contribution in [1.29, 1.82) is 0 Å². The molecule has 0 spiro atoms. The number of rotatable bonds is 5. The van der Waals surface area contributed by atoms with Crippen molar-refractivity contribution in [1.82, 2.24) is 15.0 Å². The first-order valence-corrected chi connectivity index (χ1v) is 8.05. The van der Waals surface area contributed by atoms with Gasteiger partial charge < -0.3 is 4.57 Å². The van der Waals surface area contributed by atoms with Crippen LogP contribution in [0.1, 0.15) is 28.7 Å². The fraction of sp³-hybridized carbons (Fsp3) is 0.167. The Kier molecular flexibility index (Phi) is 4.74. The van der Waals surface area contributed by atoms with Crippen molar-refractivity contribution in [2.45, 2.75) is 20.4 Å². The Morgan fingerprint density at radius 2 is 2.12 bits per heavy atom. The van der Waals surface area contributed by atoms with E-state index in [1.807, 2.05) is 19.9 Å². The first-order chi connectivity index (χ1) is 12.5. The van der Waals surface area contributed by atoms with Gasteiger partial charge in [-0.3, -0.25) is 14.9 Å². The zero-order valence-electron chi connectivity index (χ0n) is 14.3. The highest BCUT2D eigenvalue weighted by Gasteiger charge is 2.12. The number of hydrogen-bond acceptors (Lipinski definition) is 5. The van der Waals surface area contributed by atoms with Gasteiger partial charge in [0.1, 0.15) is 5.82 Å². The lowest BCUT2D eigenvalue weighted by atomic mass is 10.2. The molecule has 0 aliphatic rings. The fourth-order valence-electron chi connectivity index (χ4n) is 2.78. The Bertz CT molecular complexity index is 1020. The Balaban J connectivity index is 1.78. The van der Waals surface area contributed by atoms with Crippen molar-refractivity contribution in [3.63, 3.8) is 0 Å². The monoisotopic (exact) mass is 351 g/mol. The molecule has 3 rings (SSSR count). The third-order valence-electron chi connectivity index (χ3n) is 4.02. The molecule has 0 aliphatic heterocycles. The second-order valence-corrected chi connectivity index (χ2v) is 5.62. The van der Waals surface area contributed by atoms with Crippen LogP contribution in [0.15, 0.2) is 47.6 Å². The largest absolute Gasteiger partial charge is 0.329 e. The van der Waals surface area contributed by atoms with Gasteiger partial charge in [-0.25, -0.2) is 10.4 Å². The van der Waals surface area contributed by atoms with Crippen LogP contribution in [0.5, 0.6) is 0 Å². The van der Waals surface area contributed by atoms with Gasteiger partial charge in [-0.2, -0.15) is 5.10 Å². The van der Waals surface area contributed by atoms with Crippen LogP contribution in [0.3, 0.4) is 0 Å². The van der Waals surface area contributed by atoms with Gasteiger partial charge in [0.15, 0.2) is 0 Å². The summed E-state index contributed by atoms with van der Waals surface area (Å²) in [5, 5.41) is 14.8. The van der Waals surface area contributed by atoms with Gasteiger partial charge >= 0.3 is 0 Å². The predicted octanol–water partition coefficient (Wildman–Crippen LogP) is 3.04. The molecular formula is C18H17N5O3. The molecule has 0 unspecified atom stereocenters. The fourth-order valence-corrected chi connectivity index (χ4v) is 2.78. The quantitative estimate of drug-likeness (QED) is 0.433. The van der Waals surface area contributed by atoms with Gasteiger partial charge in [0.05, 0.1) is 27.7 Å². The van der Waals surface area contributed by atoms with E-state index in [-0.39, 0.29) is 5.69 Å². The molecule has 0 radical (unpaired) electrons. The van der Waals surface area contributed by atoms with E-state index in [1.54, 1.807) is 30.3 Å². The van der Waals surface area contributed by atoms with Crippen molar-refractivity contribution in [3.05, 3.63) is 69.5 Å². The highest BCUT2D eigenvalue weighted by atomic mass is 16.6. The molecular weight excluding hydrogens is 334 g/mol. The summed E-state index contributed by atoms with van der Waals surface area (Å²) in [6, 6.07) is 11.4. The minimum atomic E-state index is -0.497. The van der Waals surface area contributed by atoms with Crippen LogP contribution in [0.2, 0.25) is 0 Å². The number of carbonyl (C=O) groups excluding carboxylic acids is 1. The van der Waals surface area contributed by atoms with Crippen LogP contribution >= 0.6 is 0 Å². The molecule has 0 atom stereocenters. The Morgan fingerprint density at radius 1 is 1.35 bits per heavy atom. The Morgan fingerprint density at radius 3 is 2.85 bits per heavy atom. The number of hydrogen-bond donors (Lipinski definition) is 1. The second kappa shape index (κ2) is 7.14. The van der Waals surface area contributed by atoms with E-state index in [2.05, 4.69) is 20.1 Å². The maximum Gasteiger partial charge on any atom is 0.278 e. The van der Waals surface area contributed by atoms with Crippen LogP contribution in [0.25, 0.3) is 11.0 Å². The van der Waals surface area contributed by atoms with Crippen LogP contribution in [0.4, 0.5) is 5.69 Å². The lowest BCUT2D eigenvalue weighted by Gasteiger charge is -2.03. The summed E-state index contributed by atoms with van der Waals surface area (Å²) >= 11 is 0. The molecule has 0 aliphatic carbocycles. The third kappa shape index (κ3) is 3.30. The zero-order chi connectivity index (χ0) is 18.7. The van der Waals surface area contributed by atoms with Gasteiger partial charge in [0.25, 0.3) is 11.6 Å². The van der Waals surface area contributed by atoms with E-state index in [0.29, 0.717) is 11.1 Å². The highest BCUT2D eigenvalue weighted by molar-refractivity contribution is 5.98. The second-order valence-electron chi connectivity index (χ2n) is 5.62. The molecule has 0 bridgehead atoms. The zero-order valence-corrected chi connectivity index (χ0v) is 14.3. The molecule has 2 aromatic carbocycles. The lowest BCUT2D eigenvalue weighted by molar-refractivity contribution is -0.385. The maximum absolute atomic E-state index is 12.3. The Labute approximate surface area is 149 Å². The Hall–Kier alpha value is -3.55. The number of nitro groups is 1. The average molecular weight is 351 g/mol. The van der Waals surface area contributed by atoms with Gasteiger partial charge in [0, 0.05) is 18.2 Å². The molecule has 0 saturated heterocycles. The van der Waals surface area contributed by atoms with E-state index < -0.39 is 10.8 Å². The average Bonchev–Trinajstić information content (AvgIpc) is 2.95. The summed E-state index contributed by atoms with van der Waals surface area (Å²) in [6.07, 6.45) is 1.25. The SMILES string of the molecule is CCn1c(C)nc2cc(C(=O)N/N=C\c3ccccc3[N+](=O)[O-])ccc21. The smallest absolute Gasteiger partial charge is 0.278 e. The van der Waals surface area contributed by atoms with E-state index in [9.17, 15) is 14.9 Å². The van der Waals surface area contributed by atoms with Gasteiger partial charge in [-0.05, 0) is 38.1 Å². The van der Waals surface area contributed by atoms with Gasteiger partial charge in [-0.1, -0.05) is 12.1 Å². The van der Waals surface area contributed by atoms with E-state index in [1.165, 1.54) is 12.3 Å². The summed E-state index contributed by atoms with van der Waals surface area (Å²) in [7, 11) is 0. The number of imidazole rings is 1. The van der Waals surface area contributed by atoms with E-state index in [0.717, 1.165) is 23.4 Å². The van der Waals surface area contributed by atoms with Crippen LogP contribution in [0, 0.1) is 17.0 Å². The van der Waals surface area contributed by atoms with E-state index >= 15 is 0 Å². The first kappa shape index (κ1) is 17.3. The van der Waals surface area contributed by atoms with Crippen LogP contribution in [-0.4, -0.2) is 26.6 Å². The van der Waals surface area contributed by atoms with E-state index in [4.69, 9.17) is 0 Å². The number of carbonyl (C=O) groups is 1. The van der Waals surface area contributed by atoms with Crippen molar-refractivity contribution in [2.24, 2.45) is 5.10 Å². The highest BCUT2D eigenvalue weighted by Crippen LogP contribution is 2.18. The number of nitrogens with one attached hydrogen (secondary N) is 1. The van der Waals surface area contributed by atoms with Gasteiger partial charge in [-0.15, -0.1) is 0 Å². The molecule has 8 heteroatoms. The number of fused-ring (bicyclic) bond motifs is 1. The van der Waals surface area contributed by atoms with Crippen LogP contribution < -0.4 is 5.43 Å². The number of amides is 1. The summed E-state index contributed by atoms with van der Waals surface area (Å²) in [5.74, 6) is 0.472. The minimum Gasteiger partial charge on any atom is -0.329 e. The molecule has 0 fully saturated rings. The maximum atomic E-state index is 12.3. The van der Waals surface area contributed by atoms with Crippen molar-refractivity contribution in [3.8, 4) is 0 Å². The number of aromatic nitrogens is 2. The number of nitro benzene ring substituents is 1. The molecule has 8 nitrogen and oxygen atoms in total. The molecule has 132 valence electrons. The molecule has 1 amide bonds. The number of aryl methyl sites for hydroxylation is 2. The normalized spacial score (nSPS) is 11.2. The summed E-state index contributed by atoms with van der Waals surface area (Å²) in [5.41, 5.74) is 4.73. The summed E-state index contributed by atoms with van der Waals surface area (Å²) in [4.78, 5) is 27.2. The van der Waals surface area contributed by atoms with Gasteiger partial charge in [0.2, 0.25) is 0 Å². The molecule has 26 heavy (non-hydrogen) atoms. The number of benzene rings is 2. The number of para-hydroxylation sites is 1. The molecule has 1 aromatic heterocycles. The predicted molar refractivity (Wildman–Crippen MR) is 98.3 cm³/mol. The number of hydrazone groups is 1. The molecule has 3 aromatic rings. The van der Waals surface area contributed by atoms with Crippen LogP contribution in [-0.2, 0) is 6.54 Å². The first-order valence-electron chi connectivity index (χ1n) is 8.05. The molecule has 1 heterocycles. The van der Waals surface area contributed by atoms with Crippen molar-refractivity contribution < 1.29 is 9.72 Å². The minimum absolute atomic E-state index is 0.0764. The standard InChI is InChI=1S/C18H17N5O3/c1-3-22-12(2)20-15-10-13(8-9-17(15)22)18(24)21-19-11-14-6-4-5-7-16(14)23(25)26/h4-11H,3H2,1-2H3,(H,21,24)/b19-11-. The topological polar surface area (TPSA) is 102 Å². The summed E-state index contributed by atoms with van der Waals surface area (Å²) in [6.45, 7) is 4.75. The molecule has 0 saturated carbocycles.